The van der Waals surface area contributed by atoms with E-state index in [9.17, 15) is 5.26 Å². The molecule has 0 radical (unpaired) electrons. The maximum Gasteiger partial charge on any atom is 0.183 e. The van der Waals surface area contributed by atoms with E-state index >= 15 is 0 Å². The molecule has 7 nitrogen and oxygen atoms in total. The van der Waals surface area contributed by atoms with Crippen LogP contribution in [0.15, 0.2) is 18.5 Å². The van der Waals surface area contributed by atoms with Crippen molar-refractivity contribution in [2.75, 3.05) is 19.6 Å². The fraction of sp³-hybridized carbons (Fsp3) is 0.368. The van der Waals surface area contributed by atoms with Crippen molar-refractivity contribution < 1.29 is 4.74 Å². The molecule has 3 aromatic rings. The van der Waals surface area contributed by atoms with Gasteiger partial charge in [0.2, 0.25) is 0 Å². The monoisotopic (exact) mass is 348 g/mol. The van der Waals surface area contributed by atoms with Crippen molar-refractivity contribution in [2.45, 2.75) is 25.9 Å². The highest BCUT2D eigenvalue weighted by Gasteiger charge is 2.23. The Morgan fingerprint density at radius 2 is 2.19 bits per heavy atom. The van der Waals surface area contributed by atoms with Crippen LogP contribution in [-0.4, -0.2) is 51.8 Å². The Morgan fingerprint density at radius 1 is 1.38 bits per heavy atom. The quantitative estimate of drug-likeness (QED) is 0.706. The number of aromatic amines is 1. The number of H-pyrrole nitrogens is 1. The van der Waals surface area contributed by atoms with Gasteiger partial charge in [-0.25, -0.2) is 9.97 Å². The molecule has 132 valence electrons. The first-order valence-corrected chi connectivity index (χ1v) is 8.83. The molecule has 3 aromatic heterocycles. The third kappa shape index (κ3) is 2.78. The summed E-state index contributed by atoms with van der Waals surface area (Å²) in [6.07, 6.45) is 6.49. The molecule has 4 rings (SSSR count). The van der Waals surface area contributed by atoms with E-state index in [-0.39, 0.29) is 11.8 Å². The number of fused-ring (bicyclic) bond motifs is 3. The lowest BCUT2D eigenvalue weighted by atomic mass is 10.1. The summed E-state index contributed by atoms with van der Waals surface area (Å²) in [4.78, 5) is 14.3. The summed E-state index contributed by atoms with van der Waals surface area (Å²) in [7, 11) is 0. The summed E-state index contributed by atoms with van der Waals surface area (Å²) in [6.45, 7) is 5.22. The summed E-state index contributed by atoms with van der Waals surface area (Å²) in [5, 5.41) is 18.7. The van der Waals surface area contributed by atoms with Gasteiger partial charge in [0.1, 0.15) is 17.8 Å². The zero-order chi connectivity index (χ0) is 18.1. The predicted octanol–water partition coefficient (Wildman–Crippen LogP) is 2.84. The minimum Gasteiger partial charge on any atom is -0.487 e. The van der Waals surface area contributed by atoms with Gasteiger partial charge < -0.3 is 20.0 Å². The highest BCUT2D eigenvalue weighted by atomic mass is 16.5. The molecular weight excluding hydrogens is 328 g/mol. The molecule has 0 amide bonds. The summed E-state index contributed by atoms with van der Waals surface area (Å²) in [6, 6.07) is 4.05. The van der Waals surface area contributed by atoms with Crippen LogP contribution >= 0.6 is 0 Å². The Labute approximate surface area is 151 Å². The minimum absolute atomic E-state index is 0.0705. The first-order valence-electron chi connectivity index (χ1n) is 8.83. The molecular formula is C19H20N6O. The lowest BCUT2D eigenvalue weighted by Gasteiger charge is -2.31. The molecule has 0 saturated carbocycles. The lowest BCUT2D eigenvalue weighted by molar-refractivity contribution is 0.104. The van der Waals surface area contributed by atoms with Crippen LogP contribution in [0.5, 0.6) is 5.75 Å². The van der Waals surface area contributed by atoms with Crippen molar-refractivity contribution in [2.24, 2.45) is 0 Å². The second-order valence-electron chi connectivity index (χ2n) is 6.52. The number of hydrogen-bond donors (Lipinski definition) is 2. The molecule has 1 saturated heterocycles. The van der Waals surface area contributed by atoms with Crippen molar-refractivity contribution >= 4 is 28.2 Å². The number of nitrogens with one attached hydrogen (secondary N) is 2. The summed E-state index contributed by atoms with van der Waals surface area (Å²) in [5.74, 6) is 0.523. The highest BCUT2D eigenvalue weighted by molar-refractivity contribution is 6.10. The second-order valence-corrected chi connectivity index (χ2v) is 6.52. The number of nitriles is 1. The predicted molar refractivity (Wildman–Crippen MR) is 99.8 cm³/mol. The third-order valence-corrected chi connectivity index (χ3v) is 5.00. The van der Waals surface area contributed by atoms with Crippen LogP contribution in [-0.2, 0) is 0 Å². The van der Waals surface area contributed by atoms with Crippen LogP contribution in [0, 0.1) is 16.7 Å². The second kappa shape index (κ2) is 6.73. The Bertz CT molecular complexity index is 1010. The number of rotatable bonds is 4. The molecule has 0 spiro atoms. The van der Waals surface area contributed by atoms with Crippen LogP contribution in [0.4, 0.5) is 0 Å². The molecule has 0 aliphatic carbocycles. The van der Waals surface area contributed by atoms with Gasteiger partial charge in [-0.3, -0.25) is 0 Å². The van der Waals surface area contributed by atoms with E-state index in [1.54, 1.807) is 12.4 Å². The van der Waals surface area contributed by atoms with Crippen molar-refractivity contribution in [3.63, 3.8) is 0 Å². The van der Waals surface area contributed by atoms with Crippen LogP contribution in [0.3, 0.4) is 0 Å². The van der Waals surface area contributed by atoms with Crippen LogP contribution in [0.2, 0.25) is 0 Å². The number of aromatic nitrogens is 3. The first-order chi connectivity index (χ1) is 12.7. The highest BCUT2D eigenvalue weighted by Crippen LogP contribution is 2.35. The molecule has 4 heterocycles. The Hall–Kier alpha value is -2.98. The van der Waals surface area contributed by atoms with E-state index in [4.69, 9.17) is 10.1 Å². The summed E-state index contributed by atoms with van der Waals surface area (Å²) in [5.41, 5.74) is 2.48. The van der Waals surface area contributed by atoms with Crippen LogP contribution in [0.25, 0.3) is 21.9 Å². The Kier molecular flexibility index (Phi) is 4.27. The molecule has 0 unspecified atom stereocenters. The van der Waals surface area contributed by atoms with Gasteiger partial charge >= 0.3 is 0 Å². The van der Waals surface area contributed by atoms with Gasteiger partial charge in [0, 0.05) is 36.5 Å². The minimum atomic E-state index is 0.0705. The molecule has 26 heavy (non-hydrogen) atoms. The zero-order valence-corrected chi connectivity index (χ0v) is 14.6. The maximum atomic E-state index is 9.54. The van der Waals surface area contributed by atoms with Crippen LogP contribution < -0.4 is 4.74 Å². The van der Waals surface area contributed by atoms with Crippen molar-refractivity contribution in [1.29, 1.82) is 10.7 Å². The van der Waals surface area contributed by atoms with E-state index in [0.717, 1.165) is 48.8 Å². The topological polar surface area (TPSA) is 102 Å². The normalized spacial score (nSPS) is 16.0. The maximum absolute atomic E-state index is 9.54. The smallest absolute Gasteiger partial charge is 0.183 e. The Balaban J connectivity index is 1.81. The van der Waals surface area contributed by atoms with Gasteiger partial charge in [0.05, 0.1) is 17.1 Å². The molecule has 0 atom stereocenters. The number of pyridine rings is 2. The Morgan fingerprint density at radius 3 is 2.88 bits per heavy atom. The van der Waals surface area contributed by atoms with Crippen molar-refractivity contribution in [1.82, 2.24) is 19.9 Å². The van der Waals surface area contributed by atoms with E-state index < -0.39 is 0 Å². The molecule has 1 aliphatic rings. The number of likely N-dealkylation sites (tertiary alicyclic amines) is 1. The van der Waals surface area contributed by atoms with E-state index in [1.807, 2.05) is 6.07 Å². The number of piperidine rings is 1. The average molecular weight is 348 g/mol. The van der Waals surface area contributed by atoms with Gasteiger partial charge in [-0.1, -0.05) is 6.92 Å². The van der Waals surface area contributed by atoms with Gasteiger partial charge in [-0.05, 0) is 25.5 Å². The van der Waals surface area contributed by atoms with Crippen LogP contribution in [0.1, 0.15) is 31.0 Å². The van der Waals surface area contributed by atoms with Gasteiger partial charge in [0.15, 0.2) is 11.4 Å². The average Bonchev–Trinajstić information content (AvgIpc) is 3.06. The molecule has 1 fully saturated rings. The molecule has 2 N–H and O–H groups in total. The standard InChI is InChI=1S/C19H20N6O/c1-2-25-5-3-13(4-6-25)26-18-15(9-21)22-11-16-17(18)14-7-12(8-20)10-23-19(14)24-16/h7-8,10-11,13,20H,2-6H2,1H3,(H,23,24). The fourth-order valence-electron chi connectivity index (χ4n) is 3.54. The third-order valence-electron chi connectivity index (χ3n) is 5.00. The lowest BCUT2D eigenvalue weighted by Crippen LogP contribution is -2.38. The number of hydrogen-bond acceptors (Lipinski definition) is 6. The fourth-order valence-corrected chi connectivity index (χ4v) is 3.54. The zero-order valence-electron chi connectivity index (χ0n) is 14.6. The van der Waals surface area contributed by atoms with E-state index in [0.29, 0.717) is 17.0 Å². The SMILES string of the molecule is CCN1CCC(Oc2c(C#N)ncc3[nH]c4ncc(C=N)cc4c23)CC1. The van der Waals surface area contributed by atoms with Gasteiger partial charge in [0.25, 0.3) is 0 Å². The molecule has 1 aliphatic heterocycles. The molecule has 0 bridgehead atoms. The van der Waals surface area contributed by atoms with Crippen molar-refractivity contribution in [3.05, 3.63) is 29.7 Å². The molecule has 0 aromatic carbocycles. The number of nitrogens with zero attached hydrogens (tertiary/aromatic N) is 4. The van der Waals surface area contributed by atoms with Gasteiger partial charge in [-0.15, -0.1) is 0 Å². The first kappa shape index (κ1) is 16.5. The number of ether oxygens (including phenoxy) is 1. The summed E-state index contributed by atoms with van der Waals surface area (Å²) < 4.78 is 6.31. The van der Waals surface area contributed by atoms with E-state index in [2.05, 4.69) is 32.8 Å². The van der Waals surface area contributed by atoms with Gasteiger partial charge in [-0.2, -0.15) is 5.26 Å². The summed E-state index contributed by atoms with van der Waals surface area (Å²) >= 11 is 0. The van der Waals surface area contributed by atoms with E-state index in [1.165, 1.54) is 6.21 Å². The molecule has 7 heteroatoms. The van der Waals surface area contributed by atoms with Crippen molar-refractivity contribution in [3.8, 4) is 11.8 Å². The largest absolute Gasteiger partial charge is 0.487 e.